The lowest BCUT2D eigenvalue weighted by Crippen LogP contribution is -2.23. The molecule has 0 fully saturated rings. The minimum absolute atomic E-state index is 0.0463. The van der Waals surface area contributed by atoms with Gasteiger partial charge in [-0.1, -0.05) is 0 Å². The van der Waals surface area contributed by atoms with Gasteiger partial charge in [0.1, 0.15) is 11.2 Å². The third-order valence-corrected chi connectivity index (χ3v) is 5.19. The van der Waals surface area contributed by atoms with Gasteiger partial charge in [-0.25, -0.2) is 9.97 Å². The Labute approximate surface area is 165 Å². The number of rotatable bonds is 2. The zero-order valence-corrected chi connectivity index (χ0v) is 15.3. The second-order valence-corrected chi connectivity index (χ2v) is 7.03. The minimum atomic E-state index is -4.83. The van der Waals surface area contributed by atoms with Crippen LogP contribution in [0.15, 0.2) is 17.8 Å². The molecule has 0 amide bonds. The number of hydrogen-bond acceptors (Lipinski definition) is 4. The van der Waals surface area contributed by atoms with Crippen molar-refractivity contribution in [2.75, 3.05) is 0 Å². The van der Waals surface area contributed by atoms with E-state index in [9.17, 15) is 26.3 Å². The Bertz CT molecular complexity index is 1200. The van der Waals surface area contributed by atoms with Gasteiger partial charge in [0.05, 0.1) is 11.2 Å². The number of nitrogens with one attached hydrogen (secondary N) is 2. The molecule has 0 radical (unpaired) electrons. The topological polar surface area (TPSA) is 91.4 Å². The Morgan fingerprint density at radius 2 is 1.70 bits per heavy atom. The number of imidazole rings is 1. The summed E-state index contributed by atoms with van der Waals surface area (Å²) in [4.78, 5) is 10.1. The predicted molar refractivity (Wildman–Crippen MR) is 99.0 cm³/mol. The number of nitrogens with two attached hydrogens (primary N) is 1. The fourth-order valence-corrected chi connectivity index (χ4v) is 3.90. The molecule has 0 spiro atoms. The molecule has 4 rings (SSSR count). The first kappa shape index (κ1) is 20.2. The van der Waals surface area contributed by atoms with E-state index in [0.29, 0.717) is 47.5 Å². The van der Waals surface area contributed by atoms with Crippen LogP contribution in [-0.4, -0.2) is 27.3 Å². The van der Waals surface area contributed by atoms with E-state index in [2.05, 4.69) is 15.0 Å². The number of halogens is 6. The Kier molecular flexibility index (Phi) is 4.51. The number of H-pyrrole nitrogens is 1. The van der Waals surface area contributed by atoms with Crippen LogP contribution in [0.3, 0.4) is 0 Å². The van der Waals surface area contributed by atoms with Crippen molar-refractivity contribution in [3.05, 3.63) is 40.5 Å². The monoisotopic (exact) mass is 427 g/mol. The first-order valence-electron chi connectivity index (χ1n) is 9.01. The number of alkyl halides is 6. The molecule has 0 saturated carbocycles. The molecule has 0 saturated heterocycles. The Balaban J connectivity index is 2.09. The number of fused-ring (bicyclic) bond motifs is 5. The minimum Gasteiger partial charge on any atom is -0.394 e. The van der Waals surface area contributed by atoms with Crippen LogP contribution < -0.4 is 5.73 Å². The number of hydrogen-bond donors (Lipinski definition) is 3. The highest BCUT2D eigenvalue weighted by Crippen LogP contribution is 2.39. The van der Waals surface area contributed by atoms with Crippen molar-refractivity contribution in [1.29, 1.82) is 5.41 Å². The molecule has 0 atom stereocenters. The Morgan fingerprint density at radius 3 is 2.30 bits per heavy atom. The van der Waals surface area contributed by atoms with E-state index in [1.165, 1.54) is 12.1 Å². The van der Waals surface area contributed by atoms with Gasteiger partial charge in [-0.15, -0.1) is 0 Å². The van der Waals surface area contributed by atoms with Crippen molar-refractivity contribution in [1.82, 2.24) is 15.0 Å². The molecular formula is C19H15F6N5. The highest BCUT2D eigenvalue weighted by atomic mass is 19.4. The summed E-state index contributed by atoms with van der Waals surface area (Å²) in [5.74, 6) is -1.26. The van der Waals surface area contributed by atoms with Crippen LogP contribution in [0.1, 0.15) is 35.5 Å². The van der Waals surface area contributed by atoms with E-state index in [-0.39, 0.29) is 16.7 Å². The molecule has 1 aromatic carbocycles. The largest absolute Gasteiger partial charge is 0.451 e. The molecule has 3 aromatic rings. The van der Waals surface area contributed by atoms with Crippen LogP contribution in [0, 0.1) is 5.41 Å². The van der Waals surface area contributed by atoms with E-state index in [0.717, 1.165) is 6.42 Å². The maximum atomic E-state index is 13.2. The lowest BCUT2D eigenvalue weighted by atomic mass is 9.85. The van der Waals surface area contributed by atoms with Crippen LogP contribution in [-0.2, 0) is 19.0 Å². The van der Waals surface area contributed by atoms with Gasteiger partial charge in [0.2, 0.25) is 5.82 Å². The summed E-state index contributed by atoms with van der Waals surface area (Å²) in [6.07, 6.45) is -6.74. The molecule has 158 valence electrons. The van der Waals surface area contributed by atoms with Crippen LogP contribution in [0.25, 0.3) is 27.5 Å². The molecule has 0 bridgehead atoms. The van der Waals surface area contributed by atoms with Gasteiger partial charge in [-0.3, -0.25) is 0 Å². The summed E-state index contributed by atoms with van der Waals surface area (Å²) in [6, 6.07) is 2.78. The van der Waals surface area contributed by atoms with Crippen molar-refractivity contribution < 1.29 is 26.3 Å². The van der Waals surface area contributed by atoms with E-state index in [4.69, 9.17) is 11.1 Å². The van der Waals surface area contributed by atoms with E-state index < -0.39 is 29.4 Å². The van der Waals surface area contributed by atoms with Crippen LogP contribution in [0.5, 0.6) is 0 Å². The molecule has 11 heteroatoms. The van der Waals surface area contributed by atoms with E-state index in [1.54, 1.807) is 0 Å². The standard InChI is InChI=1S/C19H15F6N5/c20-18(21,22)16(27)10(7-26)14-9-4-2-1-3-8(9)13-11(28-14)5-6-12-15(13)30-17(29-12)19(23,24)25/h5-7,26,28H,1-4,27H2. The number of allylic oxidation sites excluding steroid dienone is 2. The smallest absolute Gasteiger partial charge is 0.394 e. The summed E-state index contributed by atoms with van der Waals surface area (Å²) < 4.78 is 78.9. The van der Waals surface area contributed by atoms with Crippen molar-refractivity contribution in [3.63, 3.8) is 0 Å². The number of nitrogens with zero attached hydrogens (tertiary/aromatic N) is 2. The van der Waals surface area contributed by atoms with Gasteiger partial charge in [0.15, 0.2) is 0 Å². The first-order chi connectivity index (χ1) is 14.0. The second kappa shape index (κ2) is 6.71. The van der Waals surface area contributed by atoms with Gasteiger partial charge in [0.25, 0.3) is 0 Å². The normalized spacial score (nSPS) is 15.9. The summed E-state index contributed by atoms with van der Waals surface area (Å²) in [5, 5.41) is 7.91. The van der Waals surface area contributed by atoms with Gasteiger partial charge < -0.3 is 16.1 Å². The summed E-state index contributed by atoms with van der Waals surface area (Å²) >= 11 is 0. The fourth-order valence-electron chi connectivity index (χ4n) is 3.90. The zero-order chi connectivity index (χ0) is 21.8. The van der Waals surface area contributed by atoms with Crippen molar-refractivity contribution in [2.24, 2.45) is 5.73 Å². The van der Waals surface area contributed by atoms with Crippen LogP contribution >= 0.6 is 0 Å². The third-order valence-electron chi connectivity index (χ3n) is 5.19. The molecule has 5 nitrogen and oxygen atoms in total. The molecular weight excluding hydrogens is 412 g/mol. The third kappa shape index (κ3) is 3.17. The van der Waals surface area contributed by atoms with Gasteiger partial charge in [-0.2, -0.15) is 26.3 Å². The first-order valence-corrected chi connectivity index (χ1v) is 9.01. The molecule has 1 aliphatic carbocycles. The average Bonchev–Trinajstić information content (AvgIpc) is 3.12. The SMILES string of the molecule is N=CC(=C(N)C(F)(F)F)c1[nH]c2ccc3nc(C(F)(F)F)nc3c2c2c1CCCC2. The highest BCUT2D eigenvalue weighted by Gasteiger charge is 2.37. The maximum Gasteiger partial charge on any atom is 0.451 e. The van der Waals surface area contributed by atoms with E-state index in [1.807, 2.05) is 0 Å². The number of benzene rings is 1. The number of aryl methyl sites for hydroxylation is 1. The highest BCUT2D eigenvalue weighted by molar-refractivity contribution is 6.12. The fraction of sp³-hybridized carbons (Fsp3) is 0.316. The molecule has 2 heterocycles. The second-order valence-electron chi connectivity index (χ2n) is 7.03. The lowest BCUT2D eigenvalue weighted by Gasteiger charge is -2.23. The van der Waals surface area contributed by atoms with Crippen molar-refractivity contribution in [3.8, 4) is 0 Å². The average molecular weight is 427 g/mol. The Hall–Kier alpha value is -3.11. The van der Waals surface area contributed by atoms with Crippen molar-refractivity contribution in [2.45, 2.75) is 38.0 Å². The number of aromatic amines is 1. The quantitative estimate of drug-likeness (QED) is 0.402. The molecule has 0 unspecified atom stereocenters. The molecule has 0 aliphatic heterocycles. The summed E-state index contributed by atoms with van der Waals surface area (Å²) in [7, 11) is 0. The summed E-state index contributed by atoms with van der Waals surface area (Å²) in [6.45, 7) is 0. The van der Waals surface area contributed by atoms with Gasteiger partial charge in [-0.05, 0) is 48.9 Å². The lowest BCUT2D eigenvalue weighted by molar-refractivity contribution is -0.144. The van der Waals surface area contributed by atoms with E-state index >= 15 is 0 Å². The predicted octanol–water partition coefficient (Wildman–Crippen LogP) is 4.89. The maximum absolute atomic E-state index is 13.2. The molecule has 2 aromatic heterocycles. The molecule has 30 heavy (non-hydrogen) atoms. The van der Waals surface area contributed by atoms with Gasteiger partial charge >= 0.3 is 12.4 Å². The zero-order valence-electron chi connectivity index (χ0n) is 15.3. The Morgan fingerprint density at radius 1 is 1.03 bits per heavy atom. The number of aromatic nitrogens is 3. The molecule has 1 aliphatic rings. The van der Waals surface area contributed by atoms with Crippen LogP contribution in [0.2, 0.25) is 0 Å². The summed E-state index contributed by atoms with van der Waals surface area (Å²) in [5.41, 5.74) is 4.95. The van der Waals surface area contributed by atoms with Crippen LogP contribution in [0.4, 0.5) is 26.3 Å². The molecule has 4 N–H and O–H groups in total. The van der Waals surface area contributed by atoms with Crippen molar-refractivity contribution >= 4 is 33.7 Å². The van der Waals surface area contributed by atoms with Gasteiger partial charge in [0, 0.05) is 22.7 Å². The number of pyridine rings is 1.